The molecule has 0 unspecified atom stereocenters. The smallest absolute Gasteiger partial charge is 0.227 e. The highest BCUT2D eigenvalue weighted by molar-refractivity contribution is 7.08. The topological polar surface area (TPSA) is 114 Å². The molecule has 1 amide bonds. The minimum Gasteiger partial charge on any atom is -0.336 e. The number of halogens is 1. The number of carbonyl (C=O) groups excluding carboxylic acids is 1. The number of aromatic amines is 1. The Morgan fingerprint density at radius 2 is 2.03 bits per heavy atom. The molecule has 6 heterocycles. The minimum atomic E-state index is -0.536. The maximum Gasteiger partial charge on any atom is 0.227 e. The molecule has 0 aliphatic heterocycles. The molecule has 7 rings (SSSR count). The third-order valence-corrected chi connectivity index (χ3v) is 7.69. The molecule has 1 fully saturated rings. The Morgan fingerprint density at radius 3 is 2.82 bits per heavy atom. The number of aromatic nitrogens is 7. The standard InChI is InChI=1S/C27H21FN8OS/c1-36-19-12-31-22(16-9-17(11-29-10-16)32-27(37)14-3-2-4-14)21(28)20(19)25(35-36)26-33-18-5-7-30-23(24(18)34-26)15-6-8-38-13-15/h5-14H,2-4H2,1H3,(H,32,37)(H,33,34). The summed E-state index contributed by atoms with van der Waals surface area (Å²) in [6.45, 7) is 0. The van der Waals surface area contributed by atoms with Crippen LogP contribution in [0.15, 0.2) is 53.7 Å². The number of amides is 1. The monoisotopic (exact) mass is 524 g/mol. The van der Waals surface area contributed by atoms with Crippen LogP contribution in [0.25, 0.3) is 56.0 Å². The van der Waals surface area contributed by atoms with Crippen molar-refractivity contribution in [1.29, 1.82) is 0 Å². The number of fused-ring (bicyclic) bond motifs is 2. The van der Waals surface area contributed by atoms with Crippen LogP contribution in [-0.4, -0.2) is 40.6 Å². The molecule has 0 atom stereocenters. The molecule has 2 N–H and O–H groups in total. The fourth-order valence-corrected chi connectivity index (χ4v) is 5.42. The first-order valence-electron chi connectivity index (χ1n) is 12.2. The number of nitrogens with one attached hydrogen (secondary N) is 2. The number of rotatable bonds is 5. The molecule has 1 aliphatic carbocycles. The quantitative estimate of drug-likeness (QED) is 0.305. The number of thiophene rings is 1. The summed E-state index contributed by atoms with van der Waals surface area (Å²) in [4.78, 5) is 33.6. The molecule has 38 heavy (non-hydrogen) atoms. The van der Waals surface area contributed by atoms with Crippen molar-refractivity contribution >= 4 is 44.9 Å². The Morgan fingerprint density at radius 1 is 1.13 bits per heavy atom. The fraction of sp³-hybridized carbons (Fsp3) is 0.185. The SMILES string of the molecule is Cn1nc(-c2nc3c(-c4ccsc4)nccc3[nH]2)c2c(F)c(-c3cncc(NC(=O)C4CCC4)c3)ncc21. The third kappa shape index (κ3) is 3.66. The predicted molar refractivity (Wildman–Crippen MR) is 144 cm³/mol. The van der Waals surface area contributed by atoms with Crippen molar-refractivity contribution < 1.29 is 9.18 Å². The van der Waals surface area contributed by atoms with E-state index in [2.05, 4.69) is 30.4 Å². The molecule has 0 bridgehead atoms. The van der Waals surface area contributed by atoms with Crippen LogP contribution in [0.4, 0.5) is 10.1 Å². The summed E-state index contributed by atoms with van der Waals surface area (Å²) in [6.07, 6.45) is 9.25. The fourth-order valence-electron chi connectivity index (χ4n) is 4.78. The van der Waals surface area contributed by atoms with Gasteiger partial charge in [-0.2, -0.15) is 16.4 Å². The van der Waals surface area contributed by atoms with E-state index in [-0.39, 0.29) is 17.5 Å². The largest absolute Gasteiger partial charge is 0.336 e. The maximum atomic E-state index is 16.2. The summed E-state index contributed by atoms with van der Waals surface area (Å²) in [5, 5.41) is 11.8. The molecule has 11 heteroatoms. The summed E-state index contributed by atoms with van der Waals surface area (Å²) in [6, 6.07) is 5.52. The predicted octanol–water partition coefficient (Wildman–Crippen LogP) is 5.57. The second-order valence-corrected chi connectivity index (χ2v) is 10.2. The molecule has 0 radical (unpaired) electrons. The van der Waals surface area contributed by atoms with Gasteiger partial charge in [-0.25, -0.2) is 9.37 Å². The van der Waals surface area contributed by atoms with Crippen LogP contribution in [0, 0.1) is 11.7 Å². The molecule has 1 aliphatic rings. The van der Waals surface area contributed by atoms with E-state index >= 15 is 4.39 Å². The molecule has 6 aromatic rings. The number of carbonyl (C=O) groups is 1. The van der Waals surface area contributed by atoms with Crippen LogP contribution in [-0.2, 0) is 11.8 Å². The van der Waals surface area contributed by atoms with Gasteiger partial charge in [0.25, 0.3) is 0 Å². The molecular weight excluding hydrogens is 503 g/mol. The number of pyridine rings is 3. The number of nitrogens with zero attached hydrogens (tertiary/aromatic N) is 6. The molecule has 188 valence electrons. The van der Waals surface area contributed by atoms with Crippen LogP contribution in [0.5, 0.6) is 0 Å². The zero-order chi connectivity index (χ0) is 25.8. The summed E-state index contributed by atoms with van der Waals surface area (Å²) in [5.74, 6) is -0.103. The second-order valence-electron chi connectivity index (χ2n) is 9.39. The number of hydrogen-bond donors (Lipinski definition) is 2. The minimum absolute atomic E-state index is 0.0297. The van der Waals surface area contributed by atoms with Crippen molar-refractivity contribution in [2.45, 2.75) is 19.3 Å². The van der Waals surface area contributed by atoms with Crippen molar-refractivity contribution in [3.8, 4) is 34.0 Å². The van der Waals surface area contributed by atoms with Crippen LogP contribution < -0.4 is 5.32 Å². The Hall–Kier alpha value is -4.51. The lowest BCUT2D eigenvalue weighted by Gasteiger charge is -2.24. The zero-order valence-electron chi connectivity index (χ0n) is 20.3. The van der Waals surface area contributed by atoms with E-state index in [9.17, 15) is 4.79 Å². The lowest BCUT2D eigenvalue weighted by molar-refractivity contribution is -0.122. The van der Waals surface area contributed by atoms with Gasteiger partial charge in [-0.05, 0) is 36.4 Å². The first-order chi connectivity index (χ1) is 18.6. The van der Waals surface area contributed by atoms with E-state index < -0.39 is 5.82 Å². The number of anilines is 1. The van der Waals surface area contributed by atoms with Gasteiger partial charge in [-0.3, -0.25) is 24.4 Å². The Kier molecular flexibility index (Phi) is 5.25. The molecule has 1 saturated carbocycles. The van der Waals surface area contributed by atoms with Crippen LogP contribution in [0.3, 0.4) is 0 Å². The van der Waals surface area contributed by atoms with Crippen molar-refractivity contribution in [3.05, 3.63) is 59.6 Å². The van der Waals surface area contributed by atoms with Crippen LogP contribution in [0.1, 0.15) is 19.3 Å². The van der Waals surface area contributed by atoms with E-state index in [1.165, 1.54) is 6.20 Å². The highest BCUT2D eigenvalue weighted by Crippen LogP contribution is 2.35. The number of hydrogen-bond acceptors (Lipinski definition) is 7. The molecule has 0 aromatic carbocycles. The van der Waals surface area contributed by atoms with E-state index in [1.807, 2.05) is 22.9 Å². The zero-order valence-corrected chi connectivity index (χ0v) is 21.1. The van der Waals surface area contributed by atoms with E-state index in [0.717, 1.165) is 36.0 Å². The number of imidazole rings is 1. The summed E-state index contributed by atoms with van der Waals surface area (Å²) < 4.78 is 17.8. The molecule has 6 aromatic heterocycles. The molecule has 9 nitrogen and oxygen atoms in total. The lowest BCUT2D eigenvalue weighted by atomic mass is 9.85. The Labute approximate surface area is 219 Å². The van der Waals surface area contributed by atoms with Crippen molar-refractivity contribution in [2.24, 2.45) is 13.0 Å². The van der Waals surface area contributed by atoms with Gasteiger partial charge in [-0.1, -0.05) is 6.42 Å². The molecule has 0 spiro atoms. The normalized spacial score (nSPS) is 13.7. The second kappa shape index (κ2) is 8.80. The molecular formula is C27H21FN8OS. The maximum absolute atomic E-state index is 16.2. The van der Waals surface area contributed by atoms with E-state index in [1.54, 1.807) is 47.7 Å². The van der Waals surface area contributed by atoms with Gasteiger partial charge in [0.05, 0.1) is 40.2 Å². The van der Waals surface area contributed by atoms with Gasteiger partial charge < -0.3 is 10.3 Å². The van der Waals surface area contributed by atoms with Gasteiger partial charge in [0.2, 0.25) is 5.91 Å². The van der Waals surface area contributed by atoms with Crippen molar-refractivity contribution in [2.75, 3.05) is 5.32 Å². The van der Waals surface area contributed by atoms with E-state index in [4.69, 9.17) is 4.98 Å². The van der Waals surface area contributed by atoms with Crippen LogP contribution in [0.2, 0.25) is 0 Å². The summed E-state index contributed by atoms with van der Waals surface area (Å²) in [5.41, 5.74) is 5.18. The van der Waals surface area contributed by atoms with E-state index in [0.29, 0.717) is 39.2 Å². The van der Waals surface area contributed by atoms with Crippen molar-refractivity contribution in [1.82, 2.24) is 34.7 Å². The van der Waals surface area contributed by atoms with Crippen LogP contribution >= 0.6 is 11.3 Å². The van der Waals surface area contributed by atoms with Gasteiger partial charge >= 0.3 is 0 Å². The summed E-state index contributed by atoms with van der Waals surface area (Å²) >= 11 is 1.58. The lowest BCUT2D eigenvalue weighted by Crippen LogP contribution is -2.28. The van der Waals surface area contributed by atoms with Crippen molar-refractivity contribution in [3.63, 3.8) is 0 Å². The van der Waals surface area contributed by atoms with Gasteiger partial charge in [0.1, 0.15) is 16.9 Å². The van der Waals surface area contributed by atoms with Gasteiger partial charge in [-0.15, -0.1) is 0 Å². The van der Waals surface area contributed by atoms with Gasteiger partial charge in [0.15, 0.2) is 11.6 Å². The molecule has 0 saturated heterocycles. The average molecular weight is 525 g/mol. The number of H-pyrrole nitrogens is 1. The van der Waals surface area contributed by atoms with Gasteiger partial charge in [0, 0.05) is 41.9 Å². The highest BCUT2D eigenvalue weighted by atomic mass is 32.1. The highest BCUT2D eigenvalue weighted by Gasteiger charge is 2.26. The number of aryl methyl sites for hydroxylation is 1. The first-order valence-corrected chi connectivity index (χ1v) is 13.2. The average Bonchev–Trinajstić information content (AvgIpc) is 3.62. The summed E-state index contributed by atoms with van der Waals surface area (Å²) in [7, 11) is 1.74. The first kappa shape index (κ1) is 22.7. The third-order valence-electron chi connectivity index (χ3n) is 7.01. The Balaban J connectivity index is 1.33. The Bertz CT molecular complexity index is 1840.